The summed E-state index contributed by atoms with van der Waals surface area (Å²) in [6, 6.07) is 12.9. The largest absolute Gasteiger partial charge is 0.522 e. The second-order valence-corrected chi connectivity index (χ2v) is 3.62. The Bertz CT molecular complexity index is 518. The number of ether oxygens (including phenoxy) is 2. The van der Waals surface area contributed by atoms with Gasteiger partial charge in [-0.15, -0.1) is 13.2 Å². The van der Waals surface area contributed by atoms with Crippen LogP contribution >= 0.6 is 0 Å². The fourth-order valence-electron chi connectivity index (χ4n) is 1.63. The van der Waals surface area contributed by atoms with E-state index in [9.17, 15) is 13.2 Å². The highest BCUT2D eigenvalue weighted by Gasteiger charge is 2.28. The first-order valence-corrected chi connectivity index (χ1v) is 5.37. The Morgan fingerprint density at radius 3 is 2.39 bits per heavy atom. The van der Waals surface area contributed by atoms with Crippen LogP contribution in [0.15, 0.2) is 42.5 Å². The van der Waals surface area contributed by atoms with Crippen LogP contribution in [0.4, 0.5) is 13.2 Å². The van der Waals surface area contributed by atoms with Gasteiger partial charge in [-0.2, -0.15) is 0 Å². The van der Waals surface area contributed by atoms with Gasteiger partial charge in [0.15, 0.2) is 0 Å². The summed E-state index contributed by atoms with van der Waals surface area (Å²) < 4.78 is 44.2. The Morgan fingerprint density at radius 2 is 1.61 bits per heavy atom. The monoisotopic (exact) mass is 256 g/mol. The molecule has 2 rings (SSSR count). The van der Waals surface area contributed by atoms with Crippen LogP contribution in [0.5, 0.6) is 5.75 Å². The summed E-state index contributed by atoms with van der Waals surface area (Å²) in [4.78, 5) is 0. The maximum Gasteiger partial charge on any atom is 0.522 e. The van der Waals surface area contributed by atoms with E-state index in [1.165, 1.54) is 0 Å². The molecule has 96 valence electrons. The van der Waals surface area contributed by atoms with E-state index in [4.69, 9.17) is 4.74 Å². The fraction of sp³-hybridized carbons (Fsp3) is 0.231. The highest BCUT2D eigenvalue weighted by molar-refractivity contribution is 5.88. The lowest BCUT2D eigenvalue weighted by Gasteiger charge is -2.10. The maximum absolute atomic E-state index is 11.8. The van der Waals surface area contributed by atoms with Gasteiger partial charge in [0.1, 0.15) is 12.4 Å². The van der Waals surface area contributed by atoms with Crippen molar-refractivity contribution in [3.05, 3.63) is 42.5 Å². The van der Waals surface area contributed by atoms with Crippen LogP contribution in [-0.2, 0) is 4.74 Å². The molecule has 0 saturated heterocycles. The van der Waals surface area contributed by atoms with E-state index in [-0.39, 0.29) is 6.61 Å². The van der Waals surface area contributed by atoms with Gasteiger partial charge in [-0.1, -0.05) is 36.4 Å². The van der Waals surface area contributed by atoms with E-state index in [1.54, 1.807) is 12.1 Å². The average molecular weight is 256 g/mol. The topological polar surface area (TPSA) is 18.5 Å². The predicted octanol–water partition coefficient (Wildman–Crippen LogP) is 3.76. The van der Waals surface area contributed by atoms with Gasteiger partial charge in [0.25, 0.3) is 0 Å². The van der Waals surface area contributed by atoms with Crippen LogP contribution in [0.25, 0.3) is 10.8 Å². The molecule has 0 radical (unpaired) electrons. The molecule has 2 aromatic carbocycles. The molecule has 0 heterocycles. The molecule has 2 aromatic rings. The van der Waals surface area contributed by atoms with Gasteiger partial charge in [0, 0.05) is 5.39 Å². The molecule has 0 atom stereocenters. The van der Waals surface area contributed by atoms with Crippen LogP contribution < -0.4 is 4.74 Å². The van der Waals surface area contributed by atoms with Crippen LogP contribution in [0.3, 0.4) is 0 Å². The lowest BCUT2D eigenvalue weighted by molar-refractivity contribution is -0.325. The molecular weight excluding hydrogens is 245 g/mol. The number of fused-ring (bicyclic) bond motifs is 1. The summed E-state index contributed by atoms with van der Waals surface area (Å²) in [5.41, 5.74) is 0. The summed E-state index contributed by atoms with van der Waals surface area (Å²) in [5.74, 6) is 0.555. The zero-order valence-corrected chi connectivity index (χ0v) is 9.41. The molecule has 0 bridgehead atoms. The molecule has 2 nitrogen and oxygen atoms in total. The Kier molecular flexibility index (Phi) is 3.72. The van der Waals surface area contributed by atoms with Crippen LogP contribution in [-0.4, -0.2) is 19.6 Å². The quantitative estimate of drug-likeness (QED) is 0.775. The average Bonchev–Trinajstić information content (AvgIpc) is 2.33. The van der Waals surface area contributed by atoms with Crippen molar-refractivity contribution in [2.24, 2.45) is 0 Å². The van der Waals surface area contributed by atoms with Gasteiger partial charge in [0.05, 0.1) is 6.61 Å². The number of halogens is 3. The van der Waals surface area contributed by atoms with Gasteiger partial charge >= 0.3 is 6.36 Å². The van der Waals surface area contributed by atoms with Crippen molar-refractivity contribution in [1.82, 2.24) is 0 Å². The first-order valence-electron chi connectivity index (χ1n) is 5.37. The third-order valence-electron chi connectivity index (χ3n) is 2.36. The molecule has 0 spiro atoms. The first-order chi connectivity index (χ1) is 8.56. The van der Waals surface area contributed by atoms with E-state index in [1.807, 2.05) is 30.3 Å². The van der Waals surface area contributed by atoms with Crippen molar-refractivity contribution < 1.29 is 22.6 Å². The molecule has 0 N–H and O–H groups in total. The van der Waals surface area contributed by atoms with Crippen LogP contribution in [0, 0.1) is 0 Å². The molecule has 18 heavy (non-hydrogen) atoms. The summed E-state index contributed by atoms with van der Waals surface area (Å²) in [5, 5.41) is 1.85. The van der Waals surface area contributed by atoms with Gasteiger partial charge in [0.2, 0.25) is 0 Å². The summed E-state index contributed by atoms with van der Waals surface area (Å²) in [6.45, 7) is -0.666. The van der Waals surface area contributed by atoms with E-state index in [0.29, 0.717) is 5.75 Å². The van der Waals surface area contributed by atoms with Gasteiger partial charge < -0.3 is 4.74 Å². The Hall–Kier alpha value is -1.75. The summed E-state index contributed by atoms with van der Waals surface area (Å²) in [7, 11) is 0. The molecule has 0 aromatic heterocycles. The molecule has 0 aliphatic heterocycles. The molecule has 0 fully saturated rings. The second-order valence-electron chi connectivity index (χ2n) is 3.62. The number of alkyl halides is 3. The first kappa shape index (κ1) is 12.7. The van der Waals surface area contributed by atoms with Crippen molar-refractivity contribution in [3.8, 4) is 5.75 Å². The summed E-state index contributed by atoms with van der Waals surface area (Å²) in [6.07, 6.45) is -4.61. The highest BCUT2D eigenvalue weighted by atomic mass is 19.4. The van der Waals surface area contributed by atoms with Crippen molar-refractivity contribution in [1.29, 1.82) is 0 Å². The van der Waals surface area contributed by atoms with E-state index in [2.05, 4.69) is 4.74 Å². The third-order valence-corrected chi connectivity index (χ3v) is 2.36. The normalized spacial score (nSPS) is 11.7. The van der Waals surface area contributed by atoms with Crippen molar-refractivity contribution in [3.63, 3.8) is 0 Å². The Labute approximate surface area is 102 Å². The zero-order chi connectivity index (χ0) is 13.0. The smallest absolute Gasteiger partial charge is 0.491 e. The molecule has 0 aliphatic rings. The molecule has 0 unspecified atom stereocenters. The maximum atomic E-state index is 11.8. The third kappa shape index (κ3) is 3.37. The van der Waals surface area contributed by atoms with E-state index in [0.717, 1.165) is 10.8 Å². The Balaban J connectivity index is 2.00. The minimum atomic E-state index is -4.61. The van der Waals surface area contributed by atoms with Crippen molar-refractivity contribution >= 4 is 10.8 Å². The lowest BCUT2D eigenvalue weighted by Crippen LogP contribution is -2.18. The molecule has 5 heteroatoms. The second kappa shape index (κ2) is 5.27. The number of rotatable bonds is 4. The minimum Gasteiger partial charge on any atom is -0.491 e. The van der Waals surface area contributed by atoms with E-state index >= 15 is 0 Å². The molecular formula is C13H11F3O2. The molecule has 0 amide bonds. The predicted molar refractivity (Wildman–Crippen MR) is 61.5 cm³/mol. The minimum absolute atomic E-state index is 0.145. The van der Waals surface area contributed by atoms with Gasteiger partial charge in [-0.05, 0) is 11.5 Å². The van der Waals surface area contributed by atoms with Crippen LogP contribution in [0.1, 0.15) is 0 Å². The zero-order valence-electron chi connectivity index (χ0n) is 9.41. The van der Waals surface area contributed by atoms with E-state index < -0.39 is 13.0 Å². The molecule has 0 aliphatic carbocycles. The Morgan fingerprint density at radius 1 is 0.889 bits per heavy atom. The van der Waals surface area contributed by atoms with Gasteiger partial charge in [-0.3, -0.25) is 4.74 Å². The van der Waals surface area contributed by atoms with Gasteiger partial charge in [-0.25, -0.2) is 0 Å². The fourth-order valence-corrected chi connectivity index (χ4v) is 1.63. The highest BCUT2D eigenvalue weighted by Crippen LogP contribution is 2.25. The van der Waals surface area contributed by atoms with Crippen LogP contribution in [0.2, 0.25) is 0 Å². The number of benzene rings is 2. The van der Waals surface area contributed by atoms with Crippen molar-refractivity contribution in [2.75, 3.05) is 13.2 Å². The standard InChI is InChI=1S/C13H11F3O2/c14-13(15,16)18-9-8-17-12-7-3-5-10-4-1-2-6-11(10)12/h1-7H,8-9H2. The van der Waals surface area contributed by atoms with Crippen molar-refractivity contribution in [2.45, 2.75) is 6.36 Å². The number of hydrogen-bond donors (Lipinski definition) is 0. The number of hydrogen-bond acceptors (Lipinski definition) is 2. The lowest BCUT2D eigenvalue weighted by atomic mass is 10.1. The molecule has 0 saturated carbocycles. The summed E-state index contributed by atoms with van der Waals surface area (Å²) >= 11 is 0. The SMILES string of the molecule is FC(F)(F)OCCOc1cccc2ccccc12.